The van der Waals surface area contributed by atoms with Crippen molar-refractivity contribution in [3.05, 3.63) is 47.8 Å². The molecule has 2 amide bonds. The molecule has 2 aromatic rings. The molecule has 0 radical (unpaired) electrons. The van der Waals surface area contributed by atoms with Crippen LogP contribution in [0.25, 0.3) is 5.69 Å². The molecule has 0 aliphatic carbocycles. The highest BCUT2D eigenvalue weighted by atomic mass is 16.2. The first-order valence-electron chi connectivity index (χ1n) is 9.82. The Morgan fingerprint density at radius 3 is 2.39 bits per heavy atom. The minimum atomic E-state index is -0.0688. The first-order valence-corrected chi connectivity index (χ1v) is 9.82. The first kappa shape index (κ1) is 20.1. The third-order valence-corrected chi connectivity index (χ3v) is 4.84. The molecule has 1 N–H and O–H groups in total. The zero-order chi connectivity index (χ0) is 20.1. The van der Waals surface area contributed by atoms with Crippen molar-refractivity contribution in [1.82, 2.24) is 24.9 Å². The number of benzene rings is 1. The van der Waals surface area contributed by atoms with Gasteiger partial charge in [-0.15, -0.1) is 0 Å². The number of hydrogen-bond acceptors (Lipinski definition) is 4. The van der Waals surface area contributed by atoms with Crippen LogP contribution in [0.5, 0.6) is 0 Å². The molecule has 1 aliphatic rings. The van der Waals surface area contributed by atoms with Crippen LogP contribution in [0.3, 0.4) is 0 Å². The minimum absolute atomic E-state index is 0.0688. The Morgan fingerprint density at radius 2 is 1.79 bits per heavy atom. The average molecular weight is 383 g/mol. The lowest BCUT2D eigenvalue weighted by atomic mass is 10.1. The zero-order valence-electron chi connectivity index (χ0n) is 16.9. The highest BCUT2D eigenvalue weighted by Crippen LogP contribution is 2.14. The molecule has 150 valence electrons. The summed E-state index contributed by atoms with van der Waals surface area (Å²) in [4.78, 5) is 28.1. The van der Waals surface area contributed by atoms with Crippen LogP contribution in [-0.2, 0) is 11.3 Å². The van der Waals surface area contributed by atoms with Gasteiger partial charge in [0.05, 0.1) is 11.9 Å². The van der Waals surface area contributed by atoms with Crippen molar-refractivity contribution in [1.29, 1.82) is 0 Å². The van der Waals surface area contributed by atoms with Gasteiger partial charge in [0.1, 0.15) is 0 Å². The summed E-state index contributed by atoms with van der Waals surface area (Å²) in [6, 6.07) is 7.51. The van der Waals surface area contributed by atoms with E-state index in [4.69, 9.17) is 0 Å². The maximum Gasteiger partial charge on any atom is 0.253 e. The molecule has 0 unspecified atom stereocenters. The fourth-order valence-electron chi connectivity index (χ4n) is 3.41. The van der Waals surface area contributed by atoms with Crippen LogP contribution in [0.4, 0.5) is 0 Å². The van der Waals surface area contributed by atoms with Gasteiger partial charge in [-0.1, -0.05) is 13.8 Å². The third kappa shape index (κ3) is 5.19. The van der Waals surface area contributed by atoms with Gasteiger partial charge in [-0.3, -0.25) is 14.5 Å². The number of carbonyl (C=O) groups is 2. The SMILES string of the molecule is CC(=O)NCc1cnn(-c2ccc(C(=O)N3CCN(CC(C)C)CC3)cc2)c1. The summed E-state index contributed by atoms with van der Waals surface area (Å²) in [7, 11) is 0. The summed E-state index contributed by atoms with van der Waals surface area (Å²) in [6.07, 6.45) is 3.60. The topological polar surface area (TPSA) is 70.5 Å². The molecular weight excluding hydrogens is 354 g/mol. The summed E-state index contributed by atoms with van der Waals surface area (Å²) in [5.41, 5.74) is 2.51. The van der Waals surface area contributed by atoms with Gasteiger partial charge in [-0.25, -0.2) is 4.68 Å². The maximum atomic E-state index is 12.8. The minimum Gasteiger partial charge on any atom is -0.352 e. The molecule has 2 heterocycles. The second-order valence-electron chi connectivity index (χ2n) is 7.74. The smallest absolute Gasteiger partial charge is 0.253 e. The predicted octanol–water partition coefficient (Wildman–Crippen LogP) is 1.92. The molecule has 0 saturated carbocycles. The standard InChI is InChI=1S/C21H29N5O2/c1-16(2)14-24-8-10-25(11-9-24)21(28)19-4-6-20(7-5-19)26-15-18(13-23-26)12-22-17(3)27/h4-7,13,15-16H,8-12,14H2,1-3H3,(H,22,27). The Kier molecular flexibility index (Phi) is 6.46. The number of amides is 2. The molecule has 1 aromatic carbocycles. The normalized spacial score (nSPS) is 15.1. The quantitative estimate of drug-likeness (QED) is 0.827. The molecular formula is C21H29N5O2. The monoisotopic (exact) mass is 383 g/mol. The summed E-state index contributed by atoms with van der Waals surface area (Å²) < 4.78 is 1.75. The van der Waals surface area contributed by atoms with Crippen molar-refractivity contribution >= 4 is 11.8 Å². The van der Waals surface area contributed by atoms with Gasteiger partial charge in [-0.05, 0) is 30.2 Å². The van der Waals surface area contributed by atoms with Crippen molar-refractivity contribution < 1.29 is 9.59 Å². The molecule has 1 fully saturated rings. The first-order chi connectivity index (χ1) is 13.4. The van der Waals surface area contributed by atoms with E-state index in [-0.39, 0.29) is 11.8 Å². The van der Waals surface area contributed by atoms with Crippen LogP contribution >= 0.6 is 0 Å². The van der Waals surface area contributed by atoms with Gasteiger partial charge in [0.2, 0.25) is 5.91 Å². The number of nitrogens with zero attached hydrogens (tertiary/aromatic N) is 4. The van der Waals surface area contributed by atoms with Crippen molar-refractivity contribution in [2.45, 2.75) is 27.3 Å². The van der Waals surface area contributed by atoms with Crippen LogP contribution in [-0.4, -0.2) is 64.1 Å². The van der Waals surface area contributed by atoms with Gasteiger partial charge in [-0.2, -0.15) is 5.10 Å². The van der Waals surface area contributed by atoms with Crippen LogP contribution in [0.1, 0.15) is 36.7 Å². The van der Waals surface area contributed by atoms with Crippen molar-refractivity contribution in [2.24, 2.45) is 5.92 Å². The molecule has 7 nitrogen and oxygen atoms in total. The number of carbonyl (C=O) groups excluding carboxylic acids is 2. The van der Waals surface area contributed by atoms with E-state index in [0.29, 0.717) is 18.0 Å². The number of piperazine rings is 1. The summed E-state index contributed by atoms with van der Waals surface area (Å²) >= 11 is 0. The highest BCUT2D eigenvalue weighted by Gasteiger charge is 2.22. The van der Waals surface area contributed by atoms with E-state index >= 15 is 0 Å². The van der Waals surface area contributed by atoms with Crippen molar-refractivity contribution in [3.8, 4) is 5.69 Å². The van der Waals surface area contributed by atoms with Gasteiger partial charge >= 0.3 is 0 Å². The zero-order valence-corrected chi connectivity index (χ0v) is 16.9. The summed E-state index contributed by atoms with van der Waals surface area (Å²) in [6.45, 7) is 10.9. The van der Waals surface area contributed by atoms with Gasteiger partial charge in [0.15, 0.2) is 0 Å². The molecule has 0 atom stereocenters. The van der Waals surface area contributed by atoms with Gasteiger partial charge in [0, 0.05) is 63.5 Å². The molecule has 7 heteroatoms. The Hall–Kier alpha value is -2.67. The predicted molar refractivity (Wildman–Crippen MR) is 108 cm³/mol. The lowest BCUT2D eigenvalue weighted by molar-refractivity contribution is -0.119. The molecule has 28 heavy (non-hydrogen) atoms. The van der Waals surface area contributed by atoms with E-state index in [1.807, 2.05) is 35.4 Å². The van der Waals surface area contributed by atoms with E-state index in [0.717, 1.165) is 44.0 Å². The van der Waals surface area contributed by atoms with Crippen LogP contribution in [0.15, 0.2) is 36.7 Å². The fourth-order valence-corrected chi connectivity index (χ4v) is 3.41. The van der Waals surface area contributed by atoms with Gasteiger partial charge < -0.3 is 10.2 Å². The molecule has 1 aromatic heterocycles. The number of hydrogen-bond donors (Lipinski definition) is 1. The third-order valence-electron chi connectivity index (χ3n) is 4.84. The van der Waals surface area contributed by atoms with Crippen LogP contribution in [0.2, 0.25) is 0 Å². The Morgan fingerprint density at radius 1 is 1.11 bits per heavy atom. The van der Waals surface area contributed by atoms with Crippen molar-refractivity contribution in [3.63, 3.8) is 0 Å². The second-order valence-corrected chi connectivity index (χ2v) is 7.74. The van der Waals surface area contributed by atoms with Gasteiger partial charge in [0.25, 0.3) is 5.91 Å². The highest BCUT2D eigenvalue weighted by molar-refractivity contribution is 5.94. The van der Waals surface area contributed by atoms with Crippen molar-refractivity contribution in [2.75, 3.05) is 32.7 Å². The fraction of sp³-hybridized carbons (Fsp3) is 0.476. The van der Waals surface area contributed by atoms with Crippen LogP contribution < -0.4 is 5.32 Å². The van der Waals surface area contributed by atoms with E-state index in [1.54, 1.807) is 10.9 Å². The van der Waals surface area contributed by atoms with E-state index in [2.05, 4.69) is 29.2 Å². The Balaban J connectivity index is 1.58. The average Bonchev–Trinajstić information content (AvgIpc) is 3.15. The molecule has 3 rings (SSSR count). The lowest BCUT2D eigenvalue weighted by Gasteiger charge is -2.35. The summed E-state index contributed by atoms with van der Waals surface area (Å²) in [5.74, 6) is 0.666. The van der Waals surface area contributed by atoms with Crippen LogP contribution in [0, 0.1) is 5.92 Å². The Labute approximate surface area is 166 Å². The molecule has 0 spiro atoms. The number of nitrogens with one attached hydrogen (secondary N) is 1. The number of aromatic nitrogens is 2. The number of rotatable bonds is 6. The molecule has 1 saturated heterocycles. The molecule has 0 bridgehead atoms. The Bertz CT molecular complexity index is 804. The molecule has 1 aliphatic heterocycles. The lowest BCUT2D eigenvalue weighted by Crippen LogP contribution is -2.49. The van der Waals surface area contributed by atoms with E-state index in [9.17, 15) is 9.59 Å². The largest absolute Gasteiger partial charge is 0.352 e. The summed E-state index contributed by atoms with van der Waals surface area (Å²) in [5, 5.41) is 7.08. The van der Waals surface area contributed by atoms with E-state index in [1.165, 1.54) is 6.92 Å². The second kappa shape index (κ2) is 9.01. The van der Waals surface area contributed by atoms with E-state index < -0.39 is 0 Å². The maximum absolute atomic E-state index is 12.8.